The number of nitrogens with one attached hydrogen (secondary N) is 1. The van der Waals surface area contributed by atoms with Crippen LogP contribution in [0.1, 0.15) is 24.8 Å². The van der Waals surface area contributed by atoms with Gasteiger partial charge in [-0.05, 0) is 25.5 Å². The Morgan fingerprint density at radius 1 is 1.19 bits per heavy atom. The SMILES string of the molecule is c1ccc2c(c1)COC(C1CCCCN1)O2. The van der Waals surface area contributed by atoms with Crippen LogP contribution in [0.3, 0.4) is 0 Å². The normalized spacial score (nSPS) is 29.2. The molecule has 16 heavy (non-hydrogen) atoms. The molecule has 2 aliphatic rings. The Morgan fingerprint density at radius 3 is 3.00 bits per heavy atom. The van der Waals surface area contributed by atoms with E-state index in [0.29, 0.717) is 12.6 Å². The van der Waals surface area contributed by atoms with E-state index < -0.39 is 0 Å². The van der Waals surface area contributed by atoms with E-state index >= 15 is 0 Å². The van der Waals surface area contributed by atoms with Crippen molar-refractivity contribution in [3.05, 3.63) is 29.8 Å². The van der Waals surface area contributed by atoms with Gasteiger partial charge in [0.15, 0.2) is 0 Å². The molecule has 1 N–H and O–H groups in total. The maximum atomic E-state index is 5.89. The Bertz CT molecular complexity index is 361. The van der Waals surface area contributed by atoms with Gasteiger partial charge in [-0.15, -0.1) is 0 Å². The van der Waals surface area contributed by atoms with Gasteiger partial charge in [0, 0.05) is 5.56 Å². The van der Waals surface area contributed by atoms with Crippen molar-refractivity contribution in [1.29, 1.82) is 0 Å². The summed E-state index contributed by atoms with van der Waals surface area (Å²) in [5, 5.41) is 3.47. The molecule has 86 valence electrons. The number of hydrogen-bond acceptors (Lipinski definition) is 3. The molecule has 3 nitrogen and oxygen atoms in total. The van der Waals surface area contributed by atoms with Crippen LogP contribution in [0, 0.1) is 0 Å². The van der Waals surface area contributed by atoms with Crippen molar-refractivity contribution in [1.82, 2.24) is 5.32 Å². The summed E-state index contributed by atoms with van der Waals surface area (Å²) in [6, 6.07) is 8.45. The standard InChI is InChI=1S/C13H17NO2/c1-2-7-12-10(5-1)9-15-13(16-12)11-6-3-4-8-14-11/h1-2,5,7,11,13-14H,3-4,6,8-9H2. The quantitative estimate of drug-likeness (QED) is 0.784. The zero-order valence-electron chi connectivity index (χ0n) is 9.32. The van der Waals surface area contributed by atoms with Crippen molar-refractivity contribution < 1.29 is 9.47 Å². The molecule has 0 aliphatic carbocycles. The molecule has 2 heterocycles. The minimum absolute atomic E-state index is 0.116. The van der Waals surface area contributed by atoms with Crippen LogP contribution in [0.25, 0.3) is 0 Å². The van der Waals surface area contributed by atoms with Gasteiger partial charge in [-0.2, -0.15) is 0 Å². The lowest BCUT2D eigenvalue weighted by Gasteiger charge is -2.34. The summed E-state index contributed by atoms with van der Waals surface area (Å²) in [5.74, 6) is 0.978. The second-order valence-electron chi connectivity index (χ2n) is 4.46. The third-order valence-corrected chi connectivity index (χ3v) is 3.30. The number of rotatable bonds is 1. The number of ether oxygens (including phenoxy) is 2. The zero-order valence-corrected chi connectivity index (χ0v) is 9.32. The second kappa shape index (κ2) is 4.44. The molecule has 1 aromatic rings. The van der Waals surface area contributed by atoms with Gasteiger partial charge in [-0.1, -0.05) is 24.6 Å². The Kier molecular flexibility index (Phi) is 2.80. The fourth-order valence-electron chi connectivity index (χ4n) is 2.38. The molecule has 0 spiro atoms. The first-order valence-electron chi connectivity index (χ1n) is 6.03. The third-order valence-electron chi connectivity index (χ3n) is 3.30. The first-order chi connectivity index (χ1) is 7.93. The van der Waals surface area contributed by atoms with Gasteiger partial charge < -0.3 is 14.8 Å². The van der Waals surface area contributed by atoms with E-state index in [2.05, 4.69) is 11.4 Å². The molecule has 2 aliphatic heterocycles. The average Bonchev–Trinajstić information content (AvgIpc) is 2.39. The van der Waals surface area contributed by atoms with Gasteiger partial charge >= 0.3 is 0 Å². The second-order valence-corrected chi connectivity index (χ2v) is 4.46. The summed E-state index contributed by atoms with van der Waals surface area (Å²) in [5.41, 5.74) is 1.15. The lowest BCUT2D eigenvalue weighted by Crippen LogP contribution is -2.48. The first kappa shape index (κ1) is 10.1. The summed E-state index contributed by atoms with van der Waals surface area (Å²) >= 11 is 0. The van der Waals surface area contributed by atoms with E-state index in [-0.39, 0.29) is 6.29 Å². The van der Waals surface area contributed by atoms with Gasteiger partial charge in [0.05, 0.1) is 12.6 Å². The Morgan fingerprint density at radius 2 is 2.12 bits per heavy atom. The molecule has 0 aromatic heterocycles. The van der Waals surface area contributed by atoms with Crippen LogP contribution in [0.4, 0.5) is 0 Å². The predicted octanol–water partition coefficient (Wildman–Crippen LogP) is 2.06. The molecule has 1 saturated heterocycles. The molecule has 2 unspecified atom stereocenters. The van der Waals surface area contributed by atoms with E-state index in [9.17, 15) is 0 Å². The minimum atomic E-state index is -0.116. The van der Waals surface area contributed by atoms with E-state index in [4.69, 9.17) is 9.47 Å². The molecular weight excluding hydrogens is 202 g/mol. The molecule has 2 atom stereocenters. The molecule has 1 fully saturated rings. The lowest BCUT2D eigenvalue weighted by molar-refractivity contribution is -0.130. The highest BCUT2D eigenvalue weighted by molar-refractivity contribution is 5.33. The number of fused-ring (bicyclic) bond motifs is 1. The Hall–Kier alpha value is -1.06. The first-order valence-corrected chi connectivity index (χ1v) is 6.03. The van der Waals surface area contributed by atoms with Crippen molar-refractivity contribution >= 4 is 0 Å². The maximum absolute atomic E-state index is 5.89. The third kappa shape index (κ3) is 1.93. The van der Waals surface area contributed by atoms with Gasteiger partial charge in [-0.25, -0.2) is 0 Å². The maximum Gasteiger partial charge on any atom is 0.215 e. The van der Waals surface area contributed by atoms with Gasteiger partial charge in [0.25, 0.3) is 0 Å². The van der Waals surface area contributed by atoms with Crippen molar-refractivity contribution in [3.63, 3.8) is 0 Å². The summed E-state index contributed by atoms with van der Waals surface area (Å²) in [6.07, 6.45) is 3.56. The van der Waals surface area contributed by atoms with Crippen molar-refractivity contribution in [2.75, 3.05) is 6.54 Å². The van der Waals surface area contributed by atoms with E-state index in [1.807, 2.05) is 18.2 Å². The van der Waals surface area contributed by atoms with Crippen LogP contribution in [0.5, 0.6) is 5.75 Å². The number of benzene rings is 1. The van der Waals surface area contributed by atoms with Crippen LogP contribution in [0.2, 0.25) is 0 Å². The van der Waals surface area contributed by atoms with Crippen molar-refractivity contribution in [2.24, 2.45) is 0 Å². The summed E-state index contributed by atoms with van der Waals surface area (Å²) in [6.45, 7) is 1.74. The smallest absolute Gasteiger partial charge is 0.215 e. The largest absolute Gasteiger partial charge is 0.463 e. The highest BCUT2D eigenvalue weighted by Gasteiger charge is 2.29. The van der Waals surface area contributed by atoms with Gasteiger partial charge in [0.2, 0.25) is 6.29 Å². The van der Waals surface area contributed by atoms with Crippen LogP contribution in [-0.2, 0) is 11.3 Å². The molecule has 3 rings (SSSR count). The van der Waals surface area contributed by atoms with Gasteiger partial charge in [0.1, 0.15) is 5.75 Å². The monoisotopic (exact) mass is 219 g/mol. The molecule has 0 amide bonds. The van der Waals surface area contributed by atoms with Crippen molar-refractivity contribution in [3.8, 4) is 5.75 Å². The molecule has 0 bridgehead atoms. The number of piperidine rings is 1. The Labute approximate surface area is 95.8 Å². The Balaban J connectivity index is 1.72. The van der Waals surface area contributed by atoms with Crippen LogP contribution < -0.4 is 10.1 Å². The average molecular weight is 219 g/mol. The fraction of sp³-hybridized carbons (Fsp3) is 0.538. The number of hydrogen-bond donors (Lipinski definition) is 1. The van der Waals surface area contributed by atoms with Crippen molar-refractivity contribution in [2.45, 2.75) is 38.2 Å². The summed E-state index contributed by atoms with van der Waals surface area (Å²) in [7, 11) is 0. The predicted molar refractivity (Wildman–Crippen MR) is 61.3 cm³/mol. The van der Waals surface area contributed by atoms with Crippen LogP contribution in [0.15, 0.2) is 24.3 Å². The summed E-state index contributed by atoms with van der Waals surface area (Å²) in [4.78, 5) is 0. The fourth-order valence-corrected chi connectivity index (χ4v) is 2.38. The molecule has 0 saturated carbocycles. The topological polar surface area (TPSA) is 30.5 Å². The molecule has 3 heteroatoms. The van der Waals surface area contributed by atoms with Crippen LogP contribution >= 0.6 is 0 Å². The van der Waals surface area contributed by atoms with E-state index in [0.717, 1.165) is 24.3 Å². The van der Waals surface area contributed by atoms with Gasteiger partial charge in [-0.3, -0.25) is 0 Å². The minimum Gasteiger partial charge on any atom is -0.463 e. The van der Waals surface area contributed by atoms with E-state index in [1.54, 1.807) is 0 Å². The highest BCUT2D eigenvalue weighted by Crippen LogP contribution is 2.28. The zero-order chi connectivity index (χ0) is 10.8. The summed E-state index contributed by atoms with van der Waals surface area (Å²) < 4.78 is 11.6. The van der Waals surface area contributed by atoms with Crippen LogP contribution in [-0.4, -0.2) is 18.9 Å². The van der Waals surface area contributed by atoms with E-state index in [1.165, 1.54) is 12.8 Å². The molecule has 1 aromatic carbocycles. The molecular formula is C13H17NO2. The molecule has 0 radical (unpaired) electrons. The highest BCUT2D eigenvalue weighted by atomic mass is 16.7. The number of para-hydroxylation sites is 1. The lowest BCUT2D eigenvalue weighted by atomic mass is 10.0.